The maximum atomic E-state index is 6.04. The summed E-state index contributed by atoms with van der Waals surface area (Å²) >= 11 is 0. The van der Waals surface area contributed by atoms with Gasteiger partial charge in [0.05, 0.1) is 5.69 Å². The van der Waals surface area contributed by atoms with Gasteiger partial charge in [0, 0.05) is 17.6 Å². The monoisotopic (exact) mass is 255 g/mol. The van der Waals surface area contributed by atoms with Crippen molar-refractivity contribution in [1.82, 2.24) is 9.78 Å². The molecule has 0 amide bonds. The molecule has 4 nitrogen and oxygen atoms in total. The molecule has 2 aromatic heterocycles. The summed E-state index contributed by atoms with van der Waals surface area (Å²) in [6, 6.07) is 10.2. The van der Waals surface area contributed by atoms with Crippen molar-refractivity contribution < 1.29 is 4.42 Å². The lowest BCUT2D eigenvalue weighted by molar-refractivity contribution is 0.477. The predicted octanol–water partition coefficient (Wildman–Crippen LogP) is 3.85. The number of hydrogen-bond acceptors (Lipinski definition) is 3. The van der Waals surface area contributed by atoms with Gasteiger partial charge in [0.2, 0.25) is 0 Å². The molecule has 19 heavy (non-hydrogen) atoms. The molecular weight excluding hydrogens is 238 g/mol. The molecule has 2 N–H and O–H groups in total. The third-order valence-corrected chi connectivity index (χ3v) is 3.46. The molecule has 0 fully saturated rings. The van der Waals surface area contributed by atoms with E-state index in [2.05, 4.69) is 18.9 Å². The van der Waals surface area contributed by atoms with Crippen LogP contribution in [0.1, 0.15) is 26.3 Å². The van der Waals surface area contributed by atoms with Crippen LogP contribution in [0.3, 0.4) is 0 Å². The molecular formula is C15H17N3O. The first-order valence-corrected chi connectivity index (χ1v) is 6.52. The van der Waals surface area contributed by atoms with E-state index in [-0.39, 0.29) is 0 Å². The van der Waals surface area contributed by atoms with E-state index in [9.17, 15) is 0 Å². The van der Waals surface area contributed by atoms with Crippen molar-refractivity contribution in [1.29, 1.82) is 0 Å². The number of hydrogen-bond donors (Lipinski definition) is 1. The highest BCUT2D eigenvalue weighted by molar-refractivity contribution is 5.84. The molecule has 0 saturated heterocycles. The van der Waals surface area contributed by atoms with Gasteiger partial charge in [-0.05, 0) is 25.5 Å². The van der Waals surface area contributed by atoms with Crippen molar-refractivity contribution in [3.8, 4) is 11.5 Å². The van der Waals surface area contributed by atoms with Gasteiger partial charge in [-0.2, -0.15) is 5.10 Å². The van der Waals surface area contributed by atoms with Crippen molar-refractivity contribution in [3.05, 3.63) is 36.5 Å². The van der Waals surface area contributed by atoms with Crippen LogP contribution in [-0.2, 0) is 0 Å². The number of para-hydroxylation sites is 1. The van der Waals surface area contributed by atoms with E-state index in [0.717, 1.165) is 28.8 Å². The highest BCUT2D eigenvalue weighted by Crippen LogP contribution is 2.31. The van der Waals surface area contributed by atoms with Gasteiger partial charge < -0.3 is 10.2 Å². The zero-order valence-corrected chi connectivity index (χ0v) is 11.1. The van der Waals surface area contributed by atoms with Crippen LogP contribution in [0.2, 0.25) is 0 Å². The van der Waals surface area contributed by atoms with E-state index in [1.54, 1.807) is 0 Å². The van der Waals surface area contributed by atoms with E-state index in [1.165, 1.54) is 0 Å². The second-order valence-corrected chi connectivity index (χ2v) is 4.82. The lowest BCUT2D eigenvalue weighted by atomic mass is 10.2. The zero-order valence-electron chi connectivity index (χ0n) is 11.1. The molecule has 4 heteroatoms. The number of furan rings is 1. The van der Waals surface area contributed by atoms with Crippen LogP contribution < -0.4 is 5.73 Å². The van der Waals surface area contributed by atoms with E-state index < -0.39 is 0 Å². The van der Waals surface area contributed by atoms with Crippen molar-refractivity contribution in [2.24, 2.45) is 0 Å². The Bertz CT molecular complexity index is 678. The zero-order chi connectivity index (χ0) is 13.4. The summed E-state index contributed by atoms with van der Waals surface area (Å²) < 4.78 is 7.71. The summed E-state index contributed by atoms with van der Waals surface area (Å²) in [7, 11) is 0. The number of nitrogen functional groups attached to an aromatic ring is 1. The van der Waals surface area contributed by atoms with Gasteiger partial charge >= 0.3 is 0 Å². The predicted molar refractivity (Wildman–Crippen MR) is 76.8 cm³/mol. The number of nitrogens with two attached hydrogens (primary N) is 1. The minimum Gasteiger partial charge on any atom is -0.454 e. The van der Waals surface area contributed by atoms with Gasteiger partial charge in [0.15, 0.2) is 11.5 Å². The molecule has 0 aliphatic carbocycles. The fourth-order valence-corrected chi connectivity index (χ4v) is 2.11. The molecule has 1 aromatic carbocycles. The van der Waals surface area contributed by atoms with Crippen LogP contribution in [0.5, 0.6) is 0 Å². The van der Waals surface area contributed by atoms with Crippen LogP contribution in [-0.4, -0.2) is 9.78 Å². The molecule has 0 saturated carbocycles. The van der Waals surface area contributed by atoms with Crippen molar-refractivity contribution in [2.75, 3.05) is 5.73 Å². The molecule has 1 atom stereocenters. The Balaban J connectivity index is 2.08. The van der Waals surface area contributed by atoms with Crippen LogP contribution in [0.15, 0.2) is 40.9 Å². The normalized spacial score (nSPS) is 12.9. The van der Waals surface area contributed by atoms with E-state index in [1.807, 2.05) is 41.2 Å². The SMILES string of the molecule is CCC(C)n1cc(N)c(-c2cc3ccccc3o2)n1. The average Bonchev–Trinajstić information content (AvgIpc) is 3.00. The first-order chi connectivity index (χ1) is 9.19. The Kier molecular flexibility index (Phi) is 2.78. The summed E-state index contributed by atoms with van der Waals surface area (Å²) in [5.74, 6) is 0.723. The Morgan fingerprint density at radius 3 is 2.89 bits per heavy atom. The van der Waals surface area contributed by atoms with Crippen molar-refractivity contribution >= 4 is 16.7 Å². The molecule has 0 radical (unpaired) electrons. The number of benzene rings is 1. The molecule has 0 bridgehead atoms. The van der Waals surface area contributed by atoms with Crippen LogP contribution in [0.25, 0.3) is 22.4 Å². The molecule has 2 heterocycles. The van der Waals surface area contributed by atoms with E-state index >= 15 is 0 Å². The molecule has 3 aromatic rings. The lowest BCUT2D eigenvalue weighted by Crippen LogP contribution is -2.03. The Labute approximate surface area is 111 Å². The summed E-state index contributed by atoms with van der Waals surface area (Å²) in [6.07, 6.45) is 2.89. The fraction of sp³-hybridized carbons (Fsp3) is 0.267. The topological polar surface area (TPSA) is 57.0 Å². The molecule has 0 aliphatic rings. The van der Waals surface area contributed by atoms with Gasteiger partial charge in [-0.25, -0.2) is 0 Å². The highest BCUT2D eigenvalue weighted by Gasteiger charge is 2.15. The van der Waals surface area contributed by atoms with Gasteiger partial charge in [0.25, 0.3) is 0 Å². The summed E-state index contributed by atoms with van der Waals surface area (Å²) in [5.41, 5.74) is 8.27. The average molecular weight is 255 g/mol. The largest absolute Gasteiger partial charge is 0.454 e. The number of anilines is 1. The van der Waals surface area contributed by atoms with Crippen molar-refractivity contribution in [2.45, 2.75) is 26.3 Å². The van der Waals surface area contributed by atoms with Gasteiger partial charge in [0.1, 0.15) is 5.58 Å². The maximum absolute atomic E-state index is 6.04. The maximum Gasteiger partial charge on any atom is 0.157 e. The third kappa shape index (κ3) is 1.99. The summed E-state index contributed by atoms with van der Waals surface area (Å²) in [6.45, 7) is 4.25. The van der Waals surface area contributed by atoms with Gasteiger partial charge in [-0.1, -0.05) is 25.1 Å². The molecule has 0 spiro atoms. The highest BCUT2D eigenvalue weighted by atomic mass is 16.3. The summed E-state index contributed by atoms with van der Waals surface area (Å²) in [4.78, 5) is 0. The van der Waals surface area contributed by atoms with Crippen LogP contribution >= 0.6 is 0 Å². The second-order valence-electron chi connectivity index (χ2n) is 4.82. The van der Waals surface area contributed by atoms with E-state index in [0.29, 0.717) is 11.7 Å². The smallest absolute Gasteiger partial charge is 0.157 e. The molecule has 3 rings (SSSR count). The minimum atomic E-state index is 0.334. The molecule has 0 aliphatic heterocycles. The number of fused-ring (bicyclic) bond motifs is 1. The Hall–Kier alpha value is -2.23. The van der Waals surface area contributed by atoms with Crippen LogP contribution in [0, 0.1) is 0 Å². The van der Waals surface area contributed by atoms with E-state index in [4.69, 9.17) is 10.2 Å². The number of rotatable bonds is 3. The lowest BCUT2D eigenvalue weighted by Gasteiger charge is -2.07. The van der Waals surface area contributed by atoms with Crippen LogP contribution in [0.4, 0.5) is 5.69 Å². The molecule has 1 unspecified atom stereocenters. The van der Waals surface area contributed by atoms with Gasteiger partial charge in [-0.3, -0.25) is 4.68 Å². The Morgan fingerprint density at radius 2 is 2.16 bits per heavy atom. The van der Waals surface area contributed by atoms with Gasteiger partial charge in [-0.15, -0.1) is 0 Å². The Morgan fingerprint density at radius 1 is 1.37 bits per heavy atom. The minimum absolute atomic E-state index is 0.334. The summed E-state index contributed by atoms with van der Waals surface area (Å²) in [5, 5.41) is 5.61. The first-order valence-electron chi connectivity index (χ1n) is 6.52. The first kappa shape index (κ1) is 11.8. The third-order valence-electron chi connectivity index (χ3n) is 3.46. The molecule has 98 valence electrons. The van der Waals surface area contributed by atoms with Crippen molar-refractivity contribution in [3.63, 3.8) is 0 Å². The second kappa shape index (κ2) is 4.46. The quantitative estimate of drug-likeness (QED) is 0.773. The number of aromatic nitrogens is 2. The standard InChI is InChI=1S/C15H17N3O/c1-3-10(2)18-9-12(16)15(17-18)14-8-11-6-4-5-7-13(11)19-14/h4-10H,3,16H2,1-2H3. The number of nitrogens with zero attached hydrogens (tertiary/aromatic N) is 2. The fourth-order valence-electron chi connectivity index (χ4n) is 2.11.